The van der Waals surface area contributed by atoms with Crippen LogP contribution < -0.4 is 10.1 Å². The van der Waals surface area contributed by atoms with Crippen molar-refractivity contribution in [2.45, 2.75) is 26.1 Å². The third-order valence-electron chi connectivity index (χ3n) is 4.30. The zero-order chi connectivity index (χ0) is 21.1. The molecule has 2 rings (SSSR count). The third-order valence-corrected chi connectivity index (χ3v) is 4.30. The van der Waals surface area contributed by atoms with E-state index in [0.29, 0.717) is 32.3 Å². The Morgan fingerprint density at radius 3 is 2.93 bits per heavy atom. The maximum absolute atomic E-state index is 12.3. The number of likely N-dealkylation sites (tertiary alicyclic amines) is 1. The highest BCUT2D eigenvalue weighted by Crippen LogP contribution is 2.19. The normalized spacial score (nSPS) is 17.6. The standard InChI is InChI=1S/C19H29F3N4O3/c1-3-23-18(26-7-5-16(12-26)13-28-9-8-27-2)25-11-15-4-6-24-17(10-15)29-14-19(20,21)22/h4,6,10,16H,3,5,7-9,11-14H2,1-2H3,(H,23,25). The number of ether oxygens (including phenoxy) is 3. The molecule has 0 aliphatic carbocycles. The fourth-order valence-electron chi connectivity index (χ4n) is 2.93. The van der Waals surface area contributed by atoms with Crippen LogP contribution in [0, 0.1) is 5.92 Å². The molecule has 0 amide bonds. The Morgan fingerprint density at radius 2 is 2.21 bits per heavy atom. The molecular formula is C19H29F3N4O3. The third kappa shape index (κ3) is 8.86. The van der Waals surface area contributed by atoms with Crippen molar-refractivity contribution in [2.75, 3.05) is 53.2 Å². The van der Waals surface area contributed by atoms with Gasteiger partial charge in [0.2, 0.25) is 5.88 Å². The molecule has 164 valence electrons. The van der Waals surface area contributed by atoms with Crippen molar-refractivity contribution in [3.05, 3.63) is 23.9 Å². The summed E-state index contributed by atoms with van der Waals surface area (Å²) in [4.78, 5) is 10.6. The number of hydrogen-bond acceptors (Lipinski definition) is 5. The zero-order valence-corrected chi connectivity index (χ0v) is 16.9. The number of aromatic nitrogens is 1. The van der Waals surface area contributed by atoms with E-state index >= 15 is 0 Å². The maximum atomic E-state index is 12.3. The minimum atomic E-state index is -4.40. The largest absolute Gasteiger partial charge is 0.468 e. The molecule has 1 unspecified atom stereocenters. The molecule has 1 aliphatic rings. The van der Waals surface area contributed by atoms with E-state index < -0.39 is 12.8 Å². The van der Waals surface area contributed by atoms with Crippen LogP contribution in [0.5, 0.6) is 5.88 Å². The molecule has 1 saturated heterocycles. The first-order chi connectivity index (χ1) is 13.9. The molecule has 1 atom stereocenters. The Balaban J connectivity index is 1.90. The molecule has 10 heteroatoms. The number of halogens is 3. The number of nitrogens with zero attached hydrogens (tertiary/aromatic N) is 3. The molecule has 0 saturated carbocycles. The number of aliphatic imine (C=N–C) groups is 1. The van der Waals surface area contributed by atoms with Crippen LogP contribution in [0.2, 0.25) is 0 Å². The van der Waals surface area contributed by atoms with Crippen LogP contribution in [-0.4, -0.2) is 75.2 Å². The number of methoxy groups -OCH3 is 1. The van der Waals surface area contributed by atoms with Crippen LogP contribution in [0.3, 0.4) is 0 Å². The molecule has 1 N–H and O–H groups in total. The molecular weight excluding hydrogens is 389 g/mol. The molecule has 0 radical (unpaired) electrons. The highest BCUT2D eigenvalue weighted by molar-refractivity contribution is 5.80. The van der Waals surface area contributed by atoms with Crippen molar-refractivity contribution in [3.63, 3.8) is 0 Å². The minimum absolute atomic E-state index is 0.0607. The fourth-order valence-corrected chi connectivity index (χ4v) is 2.93. The second-order valence-electron chi connectivity index (χ2n) is 6.74. The Kier molecular flexibility index (Phi) is 9.46. The van der Waals surface area contributed by atoms with E-state index in [4.69, 9.17) is 14.2 Å². The van der Waals surface area contributed by atoms with Gasteiger partial charge in [-0.1, -0.05) is 0 Å². The van der Waals surface area contributed by atoms with Crippen LogP contribution in [0.4, 0.5) is 13.2 Å². The topological polar surface area (TPSA) is 68.2 Å². The first-order valence-electron chi connectivity index (χ1n) is 9.65. The average molecular weight is 418 g/mol. The Morgan fingerprint density at radius 1 is 1.38 bits per heavy atom. The van der Waals surface area contributed by atoms with E-state index in [1.807, 2.05) is 6.92 Å². The number of pyridine rings is 1. The van der Waals surface area contributed by atoms with E-state index in [1.165, 1.54) is 12.3 Å². The van der Waals surface area contributed by atoms with Gasteiger partial charge in [-0.25, -0.2) is 9.98 Å². The van der Waals surface area contributed by atoms with Gasteiger partial charge in [0.05, 0.1) is 26.4 Å². The number of rotatable bonds is 10. The predicted octanol–water partition coefficient (Wildman–Crippen LogP) is 2.47. The molecule has 7 nitrogen and oxygen atoms in total. The van der Waals surface area contributed by atoms with Gasteiger partial charge in [-0.05, 0) is 25.0 Å². The van der Waals surface area contributed by atoms with E-state index in [9.17, 15) is 13.2 Å². The minimum Gasteiger partial charge on any atom is -0.468 e. The van der Waals surface area contributed by atoms with Gasteiger partial charge in [-0.3, -0.25) is 0 Å². The molecule has 1 aromatic rings. The Labute approximate surface area is 169 Å². The lowest BCUT2D eigenvalue weighted by Crippen LogP contribution is -2.40. The van der Waals surface area contributed by atoms with Crippen molar-refractivity contribution in [1.29, 1.82) is 0 Å². The van der Waals surface area contributed by atoms with E-state index in [2.05, 4.69) is 20.2 Å². The molecule has 0 aromatic carbocycles. The van der Waals surface area contributed by atoms with Crippen molar-refractivity contribution < 1.29 is 27.4 Å². The lowest BCUT2D eigenvalue weighted by atomic mass is 10.1. The molecule has 0 bridgehead atoms. The van der Waals surface area contributed by atoms with Gasteiger partial charge in [0, 0.05) is 44.9 Å². The fraction of sp³-hybridized carbons (Fsp3) is 0.684. The predicted molar refractivity (Wildman–Crippen MR) is 103 cm³/mol. The molecule has 1 aromatic heterocycles. The second kappa shape index (κ2) is 11.8. The summed E-state index contributed by atoms with van der Waals surface area (Å²) in [7, 11) is 1.65. The molecule has 29 heavy (non-hydrogen) atoms. The lowest BCUT2D eigenvalue weighted by molar-refractivity contribution is -0.154. The zero-order valence-electron chi connectivity index (χ0n) is 16.9. The Bertz CT molecular complexity index is 643. The van der Waals surface area contributed by atoms with E-state index in [-0.39, 0.29) is 5.88 Å². The SMILES string of the molecule is CCNC(=NCc1ccnc(OCC(F)(F)F)c1)N1CCC(COCCOC)C1. The van der Waals surface area contributed by atoms with Gasteiger partial charge in [-0.2, -0.15) is 13.2 Å². The van der Waals surface area contributed by atoms with Gasteiger partial charge in [0.1, 0.15) is 0 Å². The summed E-state index contributed by atoms with van der Waals surface area (Å²) in [6, 6.07) is 3.19. The van der Waals surface area contributed by atoms with Crippen LogP contribution in [-0.2, 0) is 16.0 Å². The van der Waals surface area contributed by atoms with Crippen molar-refractivity contribution >= 4 is 5.96 Å². The van der Waals surface area contributed by atoms with Gasteiger partial charge in [-0.15, -0.1) is 0 Å². The summed E-state index contributed by atoms with van der Waals surface area (Å²) in [5.74, 6) is 1.15. The molecule has 2 heterocycles. The monoisotopic (exact) mass is 418 g/mol. The number of guanidine groups is 1. The number of nitrogens with one attached hydrogen (secondary N) is 1. The highest BCUT2D eigenvalue weighted by atomic mass is 19.4. The quantitative estimate of drug-likeness (QED) is 0.358. The highest BCUT2D eigenvalue weighted by Gasteiger charge is 2.28. The number of alkyl halides is 3. The van der Waals surface area contributed by atoms with Crippen LogP contribution >= 0.6 is 0 Å². The maximum Gasteiger partial charge on any atom is 0.422 e. The number of hydrogen-bond donors (Lipinski definition) is 1. The van der Waals surface area contributed by atoms with Gasteiger partial charge in [0.15, 0.2) is 12.6 Å². The van der Waals surface area contributed by atoms with Crippen molar-refractivity contribution in [1.82, 2.24) is 15.2 Å². The Hall–Kier alpha value is -2.07. The molecule has 0 spiro atoms. The van der Waals surface area contributed by atoms with Gasteiger partial charge >= 0.3 is 6.18 Å². The lowest BCUT2D eigenvalue weighted by Gasteiger charge is -2.21. The van der Waals surface area contributed by atoms with E-state index in [0.717, 1.165) is 37.6 Å². The van der Waals surface area contributed by atoms with Crippen molar-refractivity contribution in [2.24, 2.45) is 10.9 Å². The van der Waals surface area contributed by atoms with Gasteiger partial charge < -0.3 is 24.4 Å². The average Bonchev–Trinajstić information content (AvgIpc) is 3.15. The summed E-state index contributed by atoms with van der Waals surface area (Å²) in [6.45, 7) is 5.24. The summed E-state index contributed by atoms with van der Waals surface area (Å²) < 4.78 is 52.2. The first kappa shape index (κ1) is 23.2. The molecule has 1 fully saturated rings. The van der Waals surface area contributed by atoms with Gasteiger partial charge in [0.25, 0.3) is 0 Å². The summed E-state index contributed by atoms with van der Waals surface area (Å²) >= 11 is 0. The summed E-state index contributed by atoms with van der Waals surface area (Å²) in [5, 5.41) is 3.27. The van der Waals surface area contributed by atoms with Crippen LogP contribution in [0.25, 0.3) is 0 Å². The first-order valence-corrected chi connectivity index (χ1v) is 9.65. The molecule has 1 aliphatic heterocycles. The summed E-state index contributed by atoms with van der Waals surface area (Å²) in [6.07, 6.45) is -1.96. The smallest absolute Gasteiger partial charge is 0.422 e. The van der Waals surface area contributed by atoms with Crippen LogP contribution in [0.1, 0.15) is 18.9 Å². The summed E-state index contributed by atoms with van der Waals surface area (Å²) in [5.41, 5.74) is 0.728. The van der Waals surface area contributed by atoms with Crippen molar-refractivity contribution in [3.8, 4) is 5.88 Å². The van der Waals surface area contributed by atoms with E-state index in [1.54, 1.807) is 13.2 Å². The second-order valence-corrected chi connectivity index (χ2v) is 6.74. The van der Waals surface area contributed by atoms with Crippen LogP contribution in [0.15, 0.2) is 23.3 Å².